The maximum atomic E-state index is 14.1. The van der Waals surface area contributed by atoms with Crippen LogP contribution >= 0.6 is 15.9 Å². The number of aromatic nitrogens is 2. The van der Waals surface area contributed by atoms with Crippen molar-refractivity contribution in [2.24, 2.45) is 7.05 Å². The minimum Gasteiger partial charge on any atom is -0.378 e. The molecule has 1 fully saturated rings. The normalized spacial score (nSPS) is 14.6. The van der Waals surface area contributed by atoms with E-state index in [0.717, 1.165) is 15.4 Å². The third-order valence-corrected chi connectivity index (χ3v) is 5.11. The number of hydrogen-bond acceptors (Lipinski definition) is 4. The molecule has 0 radical (unpaired) electrons. The molecule has 1 saturated heterocycles. The number of aryl methyl sites for hydroxylation is 1. The maximum Gasteiger partial charge on any atom is 0.257 e. The van der Waals surface area contributed by atoms with E-state index in [2.05, 4.69) is 26.2 Å². The average Bonchev–Trinajstić information content (AvgIpc) is 3.07. The molecule has 2 aromatic heterocycles. The number of pyridine rings is 1. The molecule has 3 aromatic rings. The summed E-state index contributed by atoms with van der Waals surface area (Å²) in [6, 6.07) is 6.54. The van der Waals surface area contributed by atoms with Gasteiger partial charge in [0.2, 0.25) is 0 Å². The second-order valence-corrected chi connectivity index (χ2v) is 7.28. The number of halogens is 2. The maximum absolute atomic E-state index is 14.1. The molecular weight excluding hydrogens is 415 g/mol. The van der Waals surface area contributed by atoms with E-state index in [1.54, 1.807) is 23.2 Å². The van der Waals surface area contributed by atoms with Crippen LogP contribution in [-0.2, 0) is 11.8 Å². The summed E-state index contributed by atoms with van der Waals surface area (Å²) in [4.78, 5) is 19.2. The number of hydrogen-bond donors (Lipinski definition) is 1. The second-order valence-electron chi connectivity index (χ2n) is 6.36. The lowest BCUT2D eigenvalue weighted by Crippen LogP contribution is -2.40. The van der Waals surface area contributed by atoms with Crippen LogP contribution in [0.5, 0.6) is 0 Å². The lowest BCUT2D eigenvalue weighted by molar-refractivity contribution is 0.0303. The Kier molecular flexibility index (Phi) is 4.84. The number of anilines is 2. The van der Waals surface area contributed by atoms with Gasteiger partial charge >= 0.3 is 0 Å². The highest BCUT2D eigenvalue weighted by molar-refractivity contribution is 9.10. The van der Waals surface area contributed by atoms with Crippen LogP contribution in [0.25, 0.3) is 10.9 Å². The molecule has 0 aliphatic carbocycles. The van der Waals surface area contributed by atoms with Crippen LogP contribution in [0.2, 0.25) is 0 Å². The molecule has 140 valence electrons. The minimum atomic E-state index is -0.377. The molecule has 8 heteroatoms. The van der Waals surface area contributed by atoms with Crippen LogP contribution in [0.1, 0.15) is 10.4 Å². The Labute approximate surface area is 164 Å². The molecule has 1 aliphatic rings. The van der Waals surface area contributed by atoms with Crippen LogP contribution in [0.4, 0.5) is 15.9 Å². The highest BCUT2D eigenvalue weighted by Crippen LogP contribution is 2.30. The fourth-order valence-corrected chi connectivity index (χ4v) is 3.59. The molecular formula is C19H18BrFN4O2. The quantitative estimate of drug-likeness (QED) is 0.685. The van der Waals surface area contributed by atoms with Crippen molar-refractivity contribution in [3.63, 3.8) is 0 Å². The van der Waals surface area contributed by atoms with E-state index in [4.69, 9.17) is 4.74 Å². The number of morpholine rings is 1. The number of carbonyl (C=O) groups excluding carboxylic acids is 1. The van der Waals surface area contributed by atoms with Crippen molar-refractivity contribution < 1.29 is 13.9 Å². The van der Waals surface area contributed by atoms with Gasteiger partial charge in [-0.3, -0.25) is 4.79 Å². The molecule has 0 spiro atoms. The first-order valence-electron chi connectivity index (χ1n) is 8.58. The number of nitrogens with zero attached hydrogens (tertiary/aromatic N) is 3. The molecule has 0 unspecified atom stereocenters. The Morgan fingerprint density at radius 3 is 2.85 bits per heavy atom. The molecule has 1 amide bonds. The fraction of sp³-hybridized carbons (Fsp3) is 0.263. The van der Waals surface area contributed by atoms with Crippen molar-refractivity contribution >= 4 is 44.2 Å². The molecule has 4 rings (SSSR count). The van der Waals surface area contributed by atoms with Crippen molar-refractivity contribution in [3.05, 3.63) is 52.5 Å². The largest absolute Gasteiger partial charge is 0.378 e. The van der Waals surface area contributed by atoms with Crippen molar-refractivity contribution in [2.45, 2.75) is 0 Å². The van der Waals surface area contributed by atoms with Gasteiger partial charge in [-0.1, -0.05) is 15.9 Å². The molecule has 27 heavy (non-hydrogen) atoms. The highest BCUT2D eigenvalue weighted by atomic mass is 79.9. The van der Waals surface area contributed by atoms with Gasteiger partial charge in [0.15, 0.2) is 0 Å². The molecule has 0 saturated carbocycles. The molecule has 0 bridgehead atoms. The van der Waals surface area contributed by atoms with Gasteiger partial charge in [-0.15, -0.1) is 0 Å². The standard InChI is InChI=1S/C19H18BrFN4O2/c1-24-5-4-13-17(24)14(19(26)25-6-8-27-9-7-25)11-22-18(13)23-16-10-12(20)2-3-15(16)21/h2-5,10-11H,6-9H2,1H3,(H,22,23). The molecule has 0 atom stereocenters. The van der Waals surface area contributed by atoms with Crippen molar-refractivity contribution in [1.82, 2.24) is 14.5 Å². The summed E-state index contributed by atoms with van der Waals surface area (Å²) in [5, 5.41) is 3.80. The van der Waals surface area contributed by atoms with Gasteiger partial charge in [0.05, 0.1) is 30.0 Å². The fourth-order valence-electron chi connectivity index (χ4n) is 3.23. The number of rotatable bonds is 3. The summed E-state index contributed by atoms with van der Waals surface area (Å²) in [6.07, 6.45) is 3.42. The molecule has 6 nitrogen and oxygen atoms in total. The van der Waals surface area contributed by atoms with Crippen molar-refractivity contribution in [1.29, 1.82) is 0 Å². The van der Waals surface area contributed by atoms with Gasteiger partial charge in [-0.25, -0.2) is 9.37 Å². The van der Waals surface area contributed by atoms with E-state index < -0.39 is 0 Å². The summed E-state index contributed by atoms with van der Waals surface area (Å²) >= 11 is 3.35. The van der Waals surface area contributed by atoms with Crippen LogP contribution in [0.3, 0.4) is 0 Å². The van der Waals surface area contributed by atoms with E-state index in [1.165, 1.54) is 6.07 Å². The summed E-state index contributed by atoms with van der Waals surface area (Å²) in [7, 11) is 1.88. The SMILES string of the molecule is Cn1ccc2c(Nc3cc(Br)ccc3F)ncc(C(=O)N3CCOCC3)c21. The third-order valence-electron chi connectivity index (χ3n) is 4.62. The third kappa shape index (κ3) is 3.42. The Hall–Kier alpha value is -2.45. The molecule has 3 heterocycles. The minimum absolute atomic E-state index is 0.0715. The molecule has 1 aromatic carbocycles. The number of amides is 1. The highest BCUT2D eigenvalue weighted by Gasteiger charge is 2.23. The number of nitrogens with one attached hydrogen (secondary N) is 1. The van der Waals surface area contributed by atoms with Crippen molar-refractivity contribution in [3.8, 4) is 0 Å². The Morgan fingerprint density at radius 1 is 1.30 bits per heavy atom. The topological polar surface area (TPSA) is 59.4 Å². The van der Waals surface area contributed by atoms with Crippen LogP contribution in [0.15, 0.2) is 41.1 Å². The average molecular weight is 433 g/mol. The van der Waals surface area contributed by atoms with E-state index in [0.29, 0.717) is 43.4 Å². The smallest absolute Gasteiger partial charge is 0.257 e. The zero-order valence-corrected chi connectivity index (χ0v) is 16.3. The molecule has 1 aliphatic heterocycles. The predicted molar refractivity (Wildman–Crippen MR) is 105 cm³/mol. The van der Waals surface area contributed by atoms with Gasteiger partial charge in [-0.05, 0) is 24.3 Å². The van der Waals surface area contributed by atoms with Crippen LogP contribution < -0.4 is 5.32 Å². The summed E-state index contributed by atoms with van der Waals surface area (Å²) in [5.74, 6) is 0.0523. The van der Waals surface area contributed by atoms with E-state index in [1.807, 2.05) is 23.9 Å². The predicted octanol–water partition coefficient (Wildman–Crippen LogP) is 3.69. The lowest BCUT2D eigenvalue weighted by Gasteiger charge is -2.27. The van der Waals surface area contributed by atoms with E-state index in [-0.39, 0.29) is 11.7 Å². The summed E-state index contributed by atoms with van der Waals surface area (Å²) < 4.78 is 22.1. The monoisotopic (exact) mass is 432 g/mol. The van der Waals surface area contributed by atoms with E-state index in [9.17, 15) is 9.18 Å². The number of fused-ring (bicyclic) bond motifs is 1. The van der Waals surface area contributed by atoms with Gasteiger partial charge in [-0.2, -0.15) is 0 Å². The Morgan fingerprint density at radius 2 is 2.07 bits per heavy atom. The first-order valence-corrected chi connectivity index (χ1v) is 9.37. The van der Waals surface area contributed by atoms with Crippen LogP contribution in [-0.4, -0.2) is 46.7 Å². The number of carbonyl (C=O) groups is 1. The Balaban J connectivity index is 1.74. The van der Waals surface area contributed by atoms with Crippen molar-refractivity contribution in [2.75, 3.05) is 31.6 Å². The Bertz CT molecular complexity index is 1010. The van der Waals surface area contributed by atoms with Gasteiger partial charge in [0.1, 0.15) is 11.6 Å². The number of benzene rings is 1. The van der Waals surface area contributed by atoms with E-state index >= 15 is 0 Å². The van der Waals surface area contributed by atoms with Gasteiger partial charge in [0.25, 0.3) is 5.91 Å². The number of ether oxygens (including phenoxy) is 1. The van der Waals surface area contributed by atoms with Gasteiger partial charge in [0, 0.05) is 42.4 Å². The zero-order chi connectivity index (χ0) is 19.0. The molecule has 1 N–H and O–H groups in total. The van der Waals surface area contributed by atoms with Crippen LogP contribution in [0, 0.1) is 5.82 Å². The van der Waals surface area contributed by atoms with Gasteiger partial charge < -0.3 is 19.5 Å². The first-order chi connectivity index (χ1) is 13.0. The zero-order valence-electron chi connectivity index (χ0n) is 14.7. The summed E-state index contributed by atoms with van der Waals surface area (Å²) in [6.45, 7) is 2.20. The summed E-state index contributed by atoms with van der Waals surface area (Å²) in [5.41, 5.74) is 1.60. The first kappa shape index (κ1) is 17.9. The lowest BCUT2D eigenvalue weighted by atomic mass is 10.1. The second kappa shape index (κ2) is 7.28.